The molecule has 0 saturated carbocycles. The molecular formula is C9H17N3O. The molecule has 0 amide bonds. The van der Waals surface area contributed by atoms with Gasteiger partial charge in [0.15, 0.2) is 0 Å². The topological polar surface area (TPSA) is 60.9 Å². The Balaban J connectivity index is 2.21. The normalized spacial score (nSPS) is 15.6. The van der Waals surface area contributed by atoms with E-state index in [1.165, 1.54) is 0 Å². The lowest BCUT2D eigenvalue weighted by molar-refractivity contribution is 0.0555. The Labute approximate surface area is 78.4 Å². The van der Waals surface area contributed by atoms with Gasteiger partial charge in [0.1, 0.15) is 0 Å². The third-order valence-corrected chi connectivity index (χ3v) is 2.14. The van der Waals surface area contributed by atoms with Gasteiger partial charge in [0.05, 0.1) is 5.60 Å². The first-order chi connectivity index (χ1) is 6.14. The summed E-state index contributed by atoms with van der Waals surface area (Å²) >= 11 is 0. The van der Waals surface area contributed by atoms with Gasteiger partial charge in [-0.2, -0.15) is 5.10 Å². The average Bonchev–Trinajstić information content (AvgIpc) is 2.57. The standard InChI is InChI=1S/C9H17N3O/c1-3-9(2,13)7-10-6-8-4-5-11-12-8/h4-5,10,13H,3,6-7H2,1-2H3,(H,11,12). The zero-order valence-electron chi connectivity index (χ0n) is 8.17. The van der Waals surface area contributed by atoms with Gasteiger partial charge in [-0.1, -0.05) is 6.92 Å². The molecule has 1 atom stereocenters. The third-order valence-electron chi connectivity index (χ3n) is 2.14. The molecule has 1 rings (SSSR count). The molecule has 0 spiro atoms. The highest BCUT2D eigenvalue weighted by Crippen LogP contribution is 2.06. The highest BCUT2D eigenvalue weighted by molar-refractivity contribution is 4.96. The third kappa shape index (κ3) is 3.57. The second kappa shape index (κ2) is 4.39. The van der Waals surface area contributed by atoms with Crippen LogP contribution < -0.4 is 5.32 Å². The Morgan fingerprint density at radius 1 is 1.69 bits per heavy atom. The summed E-state index contributed by atoms with van der Waals surface area (Å²) in [5, 5.41) is 19.5. The van der Waals surface area contributed by atoms with E-state index in [9.17, 15) is 5.11 Å². The molecule has 1 aromatic heterocycles. The summed E-state index contributed by atoms with van der Waals surface area (Å²) in [6, 6.07) is 1.91. The van der Waals surface area contributed by atoms with Gasteiger partial charge in [0.2, 0.25) is 0 Å². The van der Waals surface area contributed by atoms with E-state index in [-0.39, 0.29) is 0 Å². The van der Waals surface area contributed by atoms with E-state index in [0.29, 0.717) is 6.54 Å². The maximum absolute atomic E-state index is 9.66. The summed E-state index contributed by atoms with van der Waals surface area (Å²) < 4.78 is 0. The number of aromatic nitrogens is 2. The van der Waals surface area contributed by atoms with E-state index in [2.05, 4.69) is 15.5 Å². The molecule has 1 aromatic rings. The van der Waals surface area contributed by atoms with Crippen molar-refractivity contribution in [1.82, 2.24) is 15.5 Å². The quantitative estimate of drug-likeness (QED) is 0.628. The van der Waals surface area contributed by atoms with Crippen LogP contribution in [0.2, 0.25) is 0 Å². The molecule has 4 heteroatoms. The minimum absolute atomic E-state index is 0.600. The lowest BCUT2D eigenvalue weighted by Gasteiger charge is -2.21. The van der Waals surface area contributed by atoms with Crippen LogP contribution in [0.1, 0.15) is 26.0 Å². The molecule has 1 heterocycles. The molecule has 1 unspecified atom stereocenters. The highest BCUT2D eigenvalue weighted by Gasteiger charge is 2.16. The Hall–Kier alpha value is -0.870. The van der Waals surface area contributed by atoms with Crippen molar-refractivity contribution in [3.8, 4) is 0 Å². The maximum Gasteiger partial charge on any atom is 0.0741 e. The molecule has 0 aliphatic heterocycles. The predicted molar refractivity (Wildman–Crippen MR) is 51.2 cm³/mol. The van der Waals surface area contributed by atoms with E-state index in [1.807, 2.05) is 19.9 Å². The van der Waals surface area contributed by atoms with Gasteiger partial charge >= 0.3 is 0 Å². The van der Waals surface area contributed by atoms with Crippen LogP contribution in [0.15, 0.2) is 12.3 Å². The fourth-order valence-corrected chi connectivity index (χ4v) is 0.975. The van der Waals surface area contributed by atoms with Crippen molar-refractivity contribution in [3.05, 3.63) is 18.0 Å². The minimum atomic E-state index is -0.611. The number of nitrogens with one attached hydrogen (secondary N) is 2. The Bertz CT molecular complexity index is 231. The van der Waals surface area contributed by atoms with Crippen molar-refractivity contribution in [2.45, 2.75) is 32.4 Å². The van der Waals surface area contributed by atoms with Crippen molar-refractivity contribution in [2.75, 3.05) is 6.54 Å². The van der Waals surface area contributed by atoms with E-state index >= 15 is 0 Å². The van der Waals surface area contributed by atoms with Crippen molar-refractivity contribution >= 4 is 0 Å². The van der Waals surface area contributed by atoms with Crippen LogP contribution in [-0.2, 0) is 6.54 Å². The van der Waals surface area contributed by atoms with Crippen molar-refractivity contribution in [2.24, 2.45) is 0 Å². The molecule has 0 aliphatic carbocycles. The van der Waals surface area contributed by atoms with Crippen LogP contribution in [0.4, 0.5) is 0 Å². The molecule has 0 bridgehead atoms. The van der Waals surface area contributed by atoms with Crippen molar-refractivity contribution < 1.29 is 5.11 Å². The van der Waals surface area contributed by atoms with Crippen LogP contribution in [0.5, 0.6) is 0 Å². The number of hydrogen-bond donors (Lipinski definition) is 3. The second-order valence-corrected chi connectivity index (χ2v) is 3.54. The number of rotatable bonds is 5. The first-order valence-electron chi connectivity index (χ1n) is 4.55. The summed E-state index contributed by atoms with van der Waals surface area (Å²) in [6.07, 6.45) is 2.47. The predicted octanol–water partition coefficient (Wildman–Crippen LogP) is 0.660. The molecular weight excluding hydrogens is 166 g/mol. The smallest absolute Gasteiger partial charge is 0.0741 e. The zero-order chi connectivity index (χ0) is 9.73. The van der Waals surface area contributed by atoms with E-state index in [1.54, 1.807) is 6.20 Å². The summed E-state index contributed by atoms with van der Waals surface area (Å²) in [5.74, 6) is 0. The van der Waals surface area contributed by atoms with Gasteiger partial charge in [0.25, 0.3) is 0 Å². The van der Waals surface area contributed by atoms with Gasteiger partial charge in [-0.3, -0.25) is 5.10 Å². The van der Waals surface area contributed by atoms with Gasteiger partial charge in [-0.05, 0) is 19.4 Å². The number of H-pyrrole nitrogens is 1. The minimum Gasteiger partial charge on any atom is -0.389 e. The fraction of sp³-hybridized carbons (Fsp3) is 0.667. The van der Waals surface area contributed by atoms with Gasteiger partial charge in [-0.25, -0.2) is 0 Å². The van der Waals surface area contributed by atoms with Crippen LogP contribution in [0, 0.1) is 0 Å². The van der Waals surface area contributed by atoms with Gasteiger partial charge < -0.3 is 10.4 Å². The molecule has 0 saturated heterocycles. The van der Waals surface area contributed by atoms with E-state index in [4.69, 9.17) is 0 Å². The van der Waals surface area contributed by atoms with Gasteiger partial charge in [0, 0.05) is 25.0 Å². The van der Waals surface area contributed by atoms with Crippen LogP contribution >= 0.6 is 0 Å². The lowest BCUT2D eigenvalue weighted by Crippen LogP contribution is -2.36. The monoisotopic (exact) mass is 183 g/mol. The molecule has 3 N–H and O–H groups in total. The second-order valence-electron chi connectivity index (χ2n) is 3.54. The number of aliphatic hydroxyl groups is 1. The number of hydrogen-bond acceptors (Lipinski definition) is 3. The van der Waals surface area contributed by atoms with E-state index in [0.717, 1.165) is 18.7 Å². The molecule has 0 radical (unpaired) electrons. The van der Waals surface area contributed by atoms with Crippen LogP contribution in [0.25, 0.3) is 0 Å². The van der Waals surface area contributed by atoms with Gasteiger partial charge in [-0.15, -0.1) is 0 Å². The molecule has 0 fully saturated rings. The largest absolute Gasteiger partial charge is 0.389 e. The Morgan fingerprint density at radius 2 is 2.46 bits per heavy atom. The summed E-state index contributed by atoms with van der Waals surface area (Å²) in [5.41, 5.74) is 0.423. The SMILES string of the molecule is CCC(C)(O)CNCc1ccn[nH]1. The lowest BCUT2D eigenvalue weighted by atomic mass is 10.0. The number of nitrogens with zero attached hydrogens (tertiary/aromatic N) is 1. The van der Waals surface area contributed by atoms with Crippen LogP contribution in [-0.4, -0.2) is 27.4 Å². The average molecular weight is 183 g/mol. The number of aromatic amines is 1. The zero-order valence-corrected chi connectivity index (χ0v) is 8.17. The first-order valence-corrected chi connectivity index (χ1v) is 4.55. The first kappa shape index (κ1) is 10.2. The molecule has 13 heavy (non-hydrogen) atoms. The molecule has 0 aromatic carbocycles. The molecule has 0 aliphatic rings. The summed E-state index contributed by atoms with van der Waals surface area (Å²) in [7, 11) is 0. The Morgan fingerprint density at radius 3 is 3.00 bits per heavy atom. The summed E-state index contributed by atoms with van der Waals surface area (Å²) in [4.78, 5) is 0. The van der Waals surface area contributed by atoms with E-state index < -0.39 is 5.60 Å². The Kier molecular flexibility index (Phi) is 3.45. The van der Waals surface area contributed by atoms with Crippen LogP contribution in [0.3, 0.4) is 0 Å². The molecule has 74 valence electrons. The highest BCUT2D eigenvalue weighted by atomic mass is 16.3. The maximum atomic E-state index is 9.66. The summed E-state index contributed by atoms with van der Waals surface area (Å²) in [6.45, 7) is 5.11. The van der Waals surface area contributed by atoms with Crippen molar-refractivity contribution in [1.29, 1.82) is 0 Å². The molecule has 4 nitrogen and oxygen atoms in total. The fourth-order valence-electron chi connectivity index (χ4n) is 0.975. The van der Waals surface area contributed by atoms with Crippen molar-refractivity contribution in [3.63, 3.8) is 0 Å².